The number of alkyl halides is 1. The van der Waals surface area contributed by atoms with E-state index in [1.165, 1.54) is 11.1 Å². The van der Waals surface area contributed by atoms with E-state index in [4.69, 9.17) is 16.3 Å². The van der Waals surface area contributed by atoms with Crippen molar-refractivity contribution in [3.8, 4) is 0 Å². The molecule has 0 N–H and O–H groups in total. The molecule has 0 bridgehead atoms. The van der Waals surface area contributed by atoms with E-state index in [-0.39, 0.29) is 18.5 Å². The Hall–Kier alpha value is -1.06. The fourth-order valence-electron chi connectivity index (χ4n) is 2.49. The largest absolute Gasteiger partial charge is 0.367 e. The van der Waals surface area contributed by atoms with Crippen LogP contribution in [0.4, 0.5) is 0 Å². The van der Waals surface area contributed by atoms with E-state index in [1.807, 2.05) is 12.1 Å². The number of halogens is 2. The SMILES string of the molecule is CCN(CCCl)CCOC(c1ccccc1)c1ccccc1.Cl. The Labute approximate surface area is 150 Å². The van der Waals surface area contributed by atoms with E-state index >= 15 is 0 Å². The molecule has 2 aromatic carbocycles. The van der Waals surface area contributed by atoms with Crippen LogP contribution in [0.15, 0.2) is 60.7 Å². The first-order chi connectivity index (χ1) is 10.8. The molecule has 0 aliphatic rings. The summed E-state index contributed by atoms with van der Waals surface area (Å²) in [7, 11) is 0. The third kappa shape index (κ3) is 6.52. The molecule has 2 aromatic rings. The lowest BCUT2D eigenvalue weighted by Crippen LogP contribution is -2.29. The van der Waals surface area contributed by atoms with Crippen molar-refractivity contribution >= 4 is 24.0 Å². The molecule has 0 spiro atoms. The van der Waals surface area contributed by atoms with Crippen LogP contribution in [0.5, 0.6) is 0 Å². The van der Waals surface area contributed by atoms with E-state index in [0.717, 1.165) is 19.6 Å². The average Bonchev–Trinajstić information content (AvgIpc) is 2.59. The average molecular weight is 354 g/mol. The third-order valence-corrected chi connectivity index (χ3v) is 3.91. The van der Waals surface area contributed by atoms with Crippen LogP contribution in [0.1, 0.15) is 24.2 Å². The number of hydrogen-bond acceptors (Lipinski definition) is 2. The first-order valence-electron chi connectivity index (χ1n) is 7.85. The zero-order valence-corrected chi connectivity index (χ0v) is 15.1. The number of benzene rings is 2. The zero-order chi connectivity index (χ0) is 15.6. The predicted molar refractivity (Wildman–Crippen MR) is 101 cm³/mol. The van der Waals surface area contributed by atoms with Crippen LogP contribution >= 0.6 is 24.0 Å². The van der Waals surface area contributed by atoms with Gasteiger partial charge in [0.2, 0.25) is 0 Å². The van der Waals surface area contributed by atoms with E-state index in [2.05, 4.69) is 60.4 Å². The maximum atomic E-state index is 6.21. The van der Waals surface area contributed by atoms with Crippen LogP contribution in [-0.4, -0.2) is 37.0 Å². The lowest BCUT2D eigenvalue weighted by molar-refractivity contribution is 0.0620. The minimum absolute atomic E-state index is 0. The highest BCUT2D eigenvalue weighted by Crippen LogP contribution is 2.25. The fourth-order valence-corrected chi connectivity index (χ4v) is 2.73. The molecule has 2 nitrogen and oxygen atoms in total. The molecule has 0 aliphatic heterocycles. The standard InChI is InChI=1S/C19H24ClNO.ClH/c1-2-21(14-13-20)15-16-22-19(17-9-5-3-6-10-17)18-11-7-4-8-12-18;/h3-12,19H,2,13-16H2,1H3;1H. The summed E-state index contributed by atoms with van der Waals surface area (Å²) in [5.74, 6) is 0.661. The van der Waals surface area contributed by atoms with Crippen LogP contribution < -0.4 is 0 Å². The van der Waals surface area contributed by atoms with Gasteiger partial charge in [-0.1, -0.05) is 67.6 Å². The van der Waals surface area contributed by atoms with E-state index in [0.29, 0.717) is 12.5 Å². The number of likely N-dealkylation sites (N-methyl/N-ethyl adjacent to an activating group) is 1. The molecule has 4 heteroatoms. The van der Waals surface area contributed by atoms with Gasteiger partial charge in [-0.25, -0.2) is 0 Å². The predicted octanol–water partition coefficient (Wildman–Crippen LogP) is 4.78. The van der Waals surface area contributed by atoms with Gasteiger partial charge in [0.15, 0.2) is 0 Å². The van der Waals surface area contributed by atoms with Crippen LogP contribution in [0.3, 0.4) is 0 Å². The van der Waals surface area contributed by atoms with Crippen molar-refractivity contribution in [1.29, 1.82) is 0 Å². The van der Waals surface area contributed by atoms with E-state index < -0.39 is 0 Å². The molecule has 0 heterocycles. The van der Waals surface area contributed by atoms with Gasteiger partial charge in [-0.3, -0.25) is 0 Å². The van der Waals surface area contributed by atoms with Crippen molar-refractivity contribution in [2.24, 2.45) is 0 Å². The second-order valence-corrected chi connectivity index (χ2v) is 5.57. The second-order valence-electron chi connectivity index (χ2n) is 5.20. The van der Waals surface area contributed by atoms with Crippen LogP contribution in [0, 0.1) is 0 Å². The smallest absolute Gasteiger partial charge is 0.108 e. The Morgan fingerprint density at radius 1 is 0.913 bits per heavy atom. The molecule has 0 saturated carbocycles. The van der Waals surface area contributed by atoms with Crippen molar-refractivity contribution in [1.82, 2.24) is 4.90 Å². The number of rotatable bonds is 9. The highest BCUT2D eigenvalue weighted by molar-refractivity contribution is 6.18. The van der Waals surface area contributed by atoms with Crippen molar-refractivity contribution in [2.75, 3.05) is 32.1 Å². The molecule has 0 atom stereocenters. The summed E-state index contributed by atoms with van der Waals surface area (Å²) in [6.07, 6.45) is -0.0166. The van der Waals surface area contributed by atoms with Gasteiger partial charge in [0, 0.05) is 19.0 Å². The zero-order valence-electron chi connectivity index (χ0n) is 13.5. The van der Waals surface area contributed by atoms with E-state index in [1.54, 1.807) is 0 Å². The summed E-state index contributed by atoms with van der Waals surface area (Å²) in [4.78, 5) is 2.31. The Kier molecular flexibility index (Phi) is 9.97. The van der Waals surface area contributed by atoms with Gasteiger partial charge >= 0.3 is 0 Å². The summed E-state index contributed by atoms with van der Waals surface area (Å²) in [6.45, 7) is 5.65. The van der Waals surface area contributed by atoms with Gasteiger partial charge < -0.3 is 9.64 Å². The Bertz CT molecular complexity index is 482. The van der Waals surface area contributed by atoms with Gasteiger partial charge in [0.25, 0.3) is 0 Å². The first kappa shape index (κ1) is 20.0. The quantitative estimate of drug-likeness (QED) is 0.601. The highest BCUT2D eigenvalue weighted by Gasteiger charge is 2.14. The van der Waals surface area contributed by atoms with Crippen LogP contribution in [0.2, 0.25) is 0 Å². The molecule has 0 aliphatic carbocycles. The summed E-state index contributed by atoms with van der Waals surface area (Å²) in [6, 6.07) is 20.8. The lowest BCUT2D eigenvalue weighted by Gasteiger charge is -2.23. The highest BCUT2D eigenvalue weighted by atomic mass is 35.5. The molecule has 0 saturated heterocycles. The van der Waals surface area contributed by atoms with Crippen molar-refractivity contribution in [3.63, 3.8) is 0 Å². The minimum Gasteiger partial charge on any atom is -0.367 e. The lowest BCUT2D eigenvalue weighted by atomic mass is 10.0. The van der Waals surface area contributed by atoms with Gasteiger partial charge in [0.1, 0.15) is 6.10 Å². The van der Waals surface area contributed by atoms with Crippen LogP contribution in [0.25, 0.3) is 0 Å². The van der Waals surface area contributed by atoms with Gasteiger partial charge in [0.05, 0.1) is 6.61 Å². The van der Waals surface area contributed by atoms with Crippen molar-refractivity contribution in [2.45, 2.75) is 13.0 Å². The number of ether oxygens (including phenoxy) is 1. The first-order valence-corrected chi connectivity index (χ1v) is 8.38. The van der Waals surface area contributed by atoms with Crippen LogP contribution in [-0.2, 0) is 4.74 Å². The Morgan fingerprint density at radius 2 is 1.43 bits per heavy atom. The molecule has 0 amide bonds. The number of nitrogens with zero attached hydrogens (tertiary/aromatic N) is 1. The molecule has 2 rings (SSSR count). The summed E-state index contributed by atoms with van der Waals surface area (Å²) in [5, 5.41) is 0. The summed E-state index contributed by atoms with van der Waals surface area (Å²) >= 11 is 5.83. The maximum Gasteiger partial charge on any atom is 0.108 e. The van der Waals surface area contributed by atoms with Gasteiger partial charge in [-0.2, -0.15) is 0 Å². The van der Waals surface area contributed by atoms with Crippen molar-refractivity contribution in [3.05, 3.63) is 71.8 Å². The summed E-state index contributed by atoms with van der Waals surface area (Å²) < 4.78 is 6.21. The molecule has 0 fully saturated rings. The summed E-state index contributed by atoms with van der Waals surface area (Å²) in [5.41, 5.74) is 2.38. The molecule has 0 aromatic heterocycles. The maximum absolute atomic E-state index is 6.21. The minimum atomic E-state index is -0.0166. The molecule has 0 radical (unpaired) electrons. The fraction of sp³-hybridized carbons (Fsp3) is 0.368. The normalized spacial score (nSPS) is 10.8. The monoisotopic (exact) mass is 353 g/mol. The molecular weight excluding hydrogens is 329 g/mol. The van der Waals surface area contributed by atoms with E-state index in [9.17, 15) is 0 Å². The number of hydrogen-bond donors (Lipinski definition) is 0. The Morgan fingerprint density at radius 3 is 1.87 bits per heavy atom. The second kappa shape index (κ2) is 11.5. The van der Waals surface area contributed by atoms with Gasteiger partial charge in [-0.05, 0) is 17.7 Å². The molecule has 0 unspecified atom stereocenters. The Balaban J connectivity index is 0.00000264. The topological polar surface area (TPSA) is 12.5 Å². The third-order valence-electron chi connectivity index (χ3n) is 3.74. The molecule has 23 heavy (non-hydrogen) atoms. The molecule has 126 valence electrons. The van der Waals surface area contributed by atoms with Gasteiger partial charge in [-0.15, -0.1) is 24.0 Å². The van der Waals surface area contributed by atoms with Crippen molar-refractivity contribution < 1.29 is 4.74 Å². The molecular formula is C19H25Cl2NO.